The van der Waals surface area contributed by atoms with Crippen molar-refractivity contribution in [3.63, 3.8) is 0 Å². The molecule has 3 aromatic rings. The van der Waals surface area contributed by atoms with E-state index in [4.69, 9.17) is 16.0 Å². The van der Waals surface area contributed by atoms with Gasteiger partial charge in [0.2, 0.25) is 11.8 Å². The van der Waals surface area contributed by atoms with Gasteiger partial charge in [0.25, 0.3) is 0 Å². The van der Waals surface area contributed by atoms with E-state index in [2.05, 4.69) is 5.32 Å². The van der Waals surface area contributed by atoms with E-state index >= 15 is 0 Å². The number of benzene rings is 2. The summed E-state index contributed by atoms with van der Waals surface area (Å²) in [6, 6.07) is 9.74. The number of aryl methyl sites for hydroxylation is 1. The minimum absolute atomic E-state index is 0.0484. The lowest BCUT2D eigenvalue weighted by atomic mass is 10.2. The summed E-state index contributed by atoms with van der Waals surface area (Å²) in [6.45, 7) is -0.337. The summed E-state index contributed by atoms with van der Waals surface area (Å²) in [7, 11) is 1.38. The molecule has 3 rings (SSSR count). The van der Waals surface area contributed by atoms with E-state index in [-0.39, 0.29) is 25.2 Å². The Labute approximate surface area is 179 Å². The summed E-state index contributed by atoms with van der Waals surface area (Å²) >= 11 is 5.55. The number of nitrogens with zero attached hydrogens (tertiary/aromatic N) is 2. The van der Waals surface area contributed by atoms with Crippen molar-refractivity contribution in [1.29, 1.82) is 0 Å². The standard InChI is InChI=1S/C20H17ClF3N3O4/c1-26(11-17(28)25-12-6-7-14(21)13(10-12)20(22,23)24)18(29)8-9-27-15-4-2-3-5-16(15)31-19(27)30/h2-7,10H,8-9,11H2,1H3,(H,25,28). The lowest BCUT2D eigenvalue weighted by molar-refractivity contribution is -0.137. The molecule has 0 aliphatic heterocycles. The maximum Gasteiger partial charge on any atom is 0.419 e. The van der Waals surface area contributed by atoms with Gasteiger partial charge in [-0.2, -0.15) is 13.2 Å². The SMILES string of the molecule is CN(CC(=O)Nc1ccc(Cl)c(C(F)(F)F)c1)C(=O)CCn1c(=O)oc2ccccc21. The van der Waals surface area contributed by atoms with E-state index in [0.717, 1.165) is 17.0 Å². The number of halogens is 4. The fourth-order valence-corrected chi connectivity index (χ4v) is 3.17. The Hall–Kier alpha value is -3.27. The van der Waals surface area contributed by atoms with Crippen molar-refractivity contribution < 1.29 is 27.2 Å². The number of amides is 2. The van der Waals surface area contributed by atoms with Crippen molar-refractivity contribution in [1.82, 2.24) is 9.47 Å². The van der Waals surface area contributed by atoms with Gasteiger partial charge in [-0.1, -0.05) is 23.7 Å². The third-order valence-corrected chi connectivity index (χ3v) is 4.81. The molecule has 0 radical (unpaired) electrons. The van der Waals surface area contributed by atoms with E-state index in [1.807, 2.05) is 0 Å². The predicted octanol–water partition coefficient (Wildman–Crippen LogP) is 3.75. The first-order chi connectivity index (χ1) is 14.6. The Balaban J connectivity index is 1.59. The highest BCUT2D eigenvalue weighted by Gasteiger charge is 2.33. The molecular formula is C20H17ClF3N3O4. The van der Waals surface area contributed by atoms with Gasteiger partial charge in [0.05, 0.1) is 22.6 Å². The van der Waals surface area contributed by atoms with E-state index in [0.29, 0.717) is 11.1 Å². The number of rotatable bonds is 6. The summed E-state index contributed by atoms with van der Waals surface area (Å²) < 4.78 is 45.2. The van der Waals surface area contributed by atoms with Crippen LogP contribution in [0.4, 0.5) is 18.9 Å². The normalized spacial score (nSPS) is 11.5. The molecule has 7 nitrogen and oxygen atoms in total. The minimum Gasteiger partial charge on any atom is -0.408 e. The third kappa shape index (κ3) is 5.26. The maximum absolute atomic E-state index is 12.9. The second kappa shape index (κ2) is 8.84. The molecular weight excluding hydrogens is 439 g/mol. The first-order valence-corrected chi connectivity index (χ1v) is 9.43. The molecule has 2 amide bonds. The molecule has 0 atom stereocenters. The molecule has 0 fully saturated rings. The second-order valence-corrected chi connectivity index (χ2v) is 7.13. The van der Waals surface area contributed by atoms with Gasteiger partial charge in [0, 0.05) is 25.7 Å². The smallest absolute Gasteiger partial charge is 0.408 e. The number of hydrogen-bond acceptors (Lipinski definition) is 4. The van der Waals surface area contributed by atoms with Crippen LogP contribution in [-0.2, 0) is 22.3 Å². The number of likely N-dealkylation sites (N-methyl/N-ethyl adjacent to an activating group) is 1. The number of nitrogens with one attached hydrogen (secondary N) is 1. The molecule has 1 aromatic heterocycles. The second-order valence-electron chi connectivity index (χ2n) is 6.73. The fraction of sp³-hybridized carbons (Fsp3) is 0.250. The molecule has 1 N–H and O–H groups in total. The number of oxazole rings is 1. The molecule has 0 spiro atoms. The number of para-hydroxylation sites is 2. The van der Waals surface area contributed by atoms with Crippen LogP contribution < -0.4 is 11.1 Å². The molecule has 0 saturated carbocycles. The quantitative estimate of drug-likeness (QED) is 0.613. The Morgan fingerprint density at radius 1 is 1.19 bits per heavy atom. The van der Waals surface area contributed by atoms with E-state index < -0.39 is 34.3 Å². The maximum atomic E-state index is 12.9. The zero-order valence-electron chi connectivity index (χ0n) is 16.2. The van der Waals surface area contributed by atoms with Crippen LogP contribution in [0.2, 0.25) is 5.02 Å². The van der Waals surface area contributed by atoms with Crippen LogP contribution in [0.25, 0.3) is 11.1 Å². The molecule has 1 heterocycles. The van der Waals surface area contributed by atoms with Crippen LogP contribution >= 0.6 is 11.6 Å². The largest absolute Gasteiger partial charge is 0.419 e. The number of aromatic nitrogens is 1. The number of carbonyl (C=O) groups is 2. The van der Waals surface area contributed by atoms with Crippen molar-refractivity contribution in [2.75, 3.05) is 18.9 Å². The van der Waals surface area contributed by atoms with Crippen molar-refractivity contribution >= 4 is 40.2 Å². The van der Waals surface area contributed by atoms with E-state index in [1.54, 1.807) is 24.3 Å². The summed E-state index contributed by atoms with van der Waals surface area (Å²) in [6.07, 6.45) is -4.74. The lowest BCUT2D eigenvalue weighted by Crippen LogP contribution is -2.35. The van der Waals surface area contributed by atoms with Crippen LogP contribution in [0.5, 0.6) is 0 Å². The number of fused-ring (bicyclic) bond motifs is 1. The fourth-order valence-electron chi connectivity index (χ4n) is 2.95. The average molecular weight is 456 g/mol. The highest BCUT2D eigenvalue weighted by atomic mass is 35.5. The highest BCUT2D eigenvalue weighted by molar-refractivity contribution is 6.31. The Kier molecular flexibility index (Phi) is 6.40. The van der Waals surface area contributed by atoms with Crippen molar-refractivity contribution in [2.45, 2.75) is 19.1 Å². The summed E-state index contributed by atoms with van der Waals surface area (Å²) in [5, 5.41) is 1.82. The van der Waals surface area contributed by atoms with Crippen LogP contribution in [0.3, 0.4) is 0 Å². The Bertz CT molecular complexity index is 1190. The van der Waals surface area contributed by atoms with Crippen LogP contribution in [-0.4, -0.2) is 34.9 Å². The highest BCUT2D eigenvalue weighted by Crippen LogP contribution is 2.36. The van der Waals surface area contributed by atoms with E-state index in [1.165, 1.54) is 17.7 Å². The van der Waals surface area contributed by atoms with Crippen molar-refractivity contribution in [3.05, 3.63) is 63.6 Å². The summed E-state index contributed by atoms with van der Waals surface area (Å²) in [4.78, 5) is 37.5. The molecule has 0 unspecified atom stereocenters. The van der Waals surface area contributed by atoms with Gasteiger partial charge in [0.1, 0.15) is 0 Å². The van der Waals surface area contributed by atoms with Gasteiger partial charge >= 0.3 is 11.9 Å². The van der Waals surface area contributed by atoms with Crippen LogP contribution in [0, 0.1) is 0 Å². The zero-order chi connectivity index (χ0) is 22.8. The molecule has 0 aliphatic carbocycles. The molecule has 0 saturated heterocycles. The number of alkyl halides is 3. The first-order valence-electron chi connectivity index (χ1n) is 9.05. The zero-order valence-corrected chi connectivity index (χ0v) is 17.0. The Morgan fingerprint density at radius 3 is 2.61 bits per heavy atom. The Morgan fingerprint density at radius 2 is 1.90 bits per heavy atom. The number of anilines is 1. The molecule has 0 aliphatic rings. The van der Waals surface area contributed by atoms with Crippen LogP contribution in [0.1, 0.15) is 12.0 Å². The van der Waals surface area contributed by atoms with Gasteiger partial charge in [-0.05, 0) is 30.3 Å². The monoisotopic (exact) mass is 455 g/mol. The molecule has 2 aromatic carbocycles. The van der Waals surface area contributed by atoms with Gasteiger partial charge in [-0.25, -0.2) is 4.79 Å². The molecule has 164 valence electrons. The average Bonchev–Trinajstić information content (AvgIpc) is 3.01. The minimum atomic E-state index is -4.67. The van der Waals surface area contributed by atoms with Gasteiger partial charge in [0.15, 0.2) is 5.58 Å². The number of carbonyl (C=O) groups excluding carboxylic acids is 2. The van der Waals surface area contributed by atoms with Crippen molar-refractivity contribution in [2.24, 2.45) is 0 Å². The molecule has 0 bridgehead atoms. The third-order valence-electron chi connectivity index (χ3n) is 4.49. The van der Waals surface area contributed by atoms with Gasteiger partial charge < -0.3 is 14.6 Å². The summed E-state index contributed by atoms with van der Waals surface area (Å²) in [5.41, 5.74) is -0.231. The van der Waals surface area contributed by atoms with Crippen molar-refractivity contribution in [3.8, 4) is 0 Å². The summed E-state index contributed by atoms with van der Waals surface area (Å²) in [5.74, 6) is -1.71. The van der Waals surface area contributed by atoms with Gasteiger partial charge in [-0.15, -0.1) is 0 Å². The van der Waals surface area contributed by atoms with E-state index in [9.17, 15) is 27.6 Å². The molecule has 31 heavy (non-hydrogen) atoms. The number of hydrogen-bond donors (Lipinski definition) is 1. The molecule has 11 heteroatoms. The lowest BCUT2D eigenvalue weighted by Gasteiger charge is -2.17. The topological polar surface area (TPSA) is 84.5 Å². The first kappa shape index (κ1) is 22.4. The van der Waals surface area contributed by atoms with Crippen LogP contribution in [0.15, 0.2) is 51.7 Å². The predicted molar refractivity (Wildman–Crippen MR) is 108 cm³/mol. The van der Waals surface area contributed by atoms with Gasteiger partial charge in [-0.3, -0.25) is 14.2 Å².